The highest BCUT2D eigenvalue weighted by Crippen LogP contribution is 2.43. The van der Waals surface area contributed by atoms with Gasteiger partial charge >= 0.3 is 0 Å². The van der Waals surface area contributed by atoms with Crippen molar-refractivity contribution in [3.05, 3.63) is 35.7 Å². The first-order valence-corrected chi connectivity index (χ1v) is 5.83. The largest absolute Gasteiger partial charge is 0.496 e. The van der Waals surface area contributed by atoms with Crippen LogP contribution in [0, 0.1) is 0 Å². The van der Waals surface area contributed by atoms with Gasteiger partial charge in [0, 0.05) is 17.1 Å². The first-order valence-electron chi connectivity index (χ1n) is 5.83. The number of benzene rings is 1. The molecule has 88 valence electrons. The molecule has 2 atom stereocenters. The van der Waals surface area contributed by atoms with Crippen LogP contribution in [0.5, 0.6) is 5.75 Å². The number of hydrogen-bond donors (Lipinski definition) is 0. The van der Waals surface area contributed by atoms with Crippen molar-refractivity contribution in [3.63, 3.8) is 0 Å². The van der Waals surface area contributed by atoms with E-state index in [0.717, 1.165) is 17.0 Å². The van der Waals surface area contributed by atoms with E-state index in [1.165, 1.54) is 10.8 Å². The van der Waals surface area contributed by atoms with Crippen LogP contribution in [0.1, 0.15) is 37.3 Å². The molecule has 0 radical (unpaired) electrons. The molecule has 1 aromatic heterocycles. The van der Waals surface area contributed by atoms with E-state index in [1.54, 1.807) is 7.11 Å². The molecule has 3 rings (SSSR count). The molecule has 0 spiro atoms. The Bertz CT molecular complexity index is 580. The molecule has 0 aliphatic carbocycles. The molecule has 1 aliphatic heterocycles. The van der Waals surface area contributed by atoms with E-state index in [-0.39, 0.29) is 12.2 Å². The zero-order chi connectivity index (χ0) is 12.0. The van der Waals surface area contributed by atoms with Gasteiger partial charge in [-0.2, -0.15) is 0 Å². The summed E-state index contributed by atoms with van der Waals surface area (Å²) in [6, 6.07) is 6.11. The topological polar surface area (TPSA) is 31.4 Å². The fraction of sp³-hybridized carbons (Fsp3) is 0.357. The highest BCUT2D eigenvalue weighted by atomic mass is 16.5. The second-order valence-electron chi connectivity index (χ2n) is 4.40. The second-order valence-corrected chi connectivity index (χ2v) is 4.40. The monoisotopic (exact) mass is 229 g/mol. The van der Waals surface area contributed by atoms with Crippen molar-refractivity contribution in [1.29, 1.82) is 0 Å². The Labute approximate surface area is 100 Å². The van der Waals surface area contributed by atoms with Gasteiger partial charge < -0.3 is 9.47 Å². The van der Waals surface area contributed by atoms with Crippen molar-refractivity contribution < 1.29 is 9.47 Å². The van der Waals surface area contributed by atoms with E-state index in [2.05, 4.69) is 18.0 Å². The minimum atomic E-state index is 0.0355. The van der Waals surface area contributed by atoms with Crippen molar-refractivity contribution in [2.45, 2.75) is 26.1 Å². The van der Waals surface area contributed by atoms with Gasteiger partial charge in [0.05, 0.1) is 25.0 Å². The summed E-state index contributed by atoms with van der Waals surface area (Å²) in [5, 5.41) is 2.39. The van der Waals surface area contributed by atoms with Gasteiger partial charge in [-0.3, -0.25) is 4.98 Å². The van der Waals surface area contributed by atoms with E-state index in [1.807, 2.05) is 25.3 Å². The number of methoxy groups -OCH3 is 1. The lowest BCUT2D eigenvalue weighted by Crippen LogP contribution is -2.15. The molecule has 3 heteroatoms. The highest BCUT2D eigenvalue weighted by Gasteiger charge is 2.27. The van der Waals surface area contributed by atoms with Crippen LogP contribution in [0.25, 0.3) is 10.8 Å². The normalized spacial score (nSPS) is 22.8. The molecule has 17 heavy (non-hydrogen) atoms. The number of rotatable bonds is 1. The maximum atomic E-state index is 5.90. The molecular formula is C14H15NO2. The molecule has 1 aromatic carbocycles. The lowest BCUT2D eigenvalue weighted by atomic mass is 9.94. The highest BCUT2D eigenvalue weighted by molar-refractivity contribution is 5.90. The fourth-order valence-corrected chi connectivity index (χ4v) is 2.63. The zero-order valence-electron chi connectivity index (χ0n) is 10.2. The molecule has 0 bridgehead atoms. The van der Waals surface area contributed by atoms with Crippen molar-refractivity contribution in [1.82, 2.24) is 4.98 Å². The van der Waals surface area contributed by atoms with Crippen LogP contribution >= 0.6 is 0 Å². The SMILES string of the molecule is COc1ccc2ccnc3c2c1[C@H](C)O[C@H]3C. The van der Waals surface area contributed by atoms with Crippen molar-refractivity contribution in [3.8, 4) is 5.75 Å². The van der Waals surface area contributed by atoms with E-state index < -0.39 is 0 Å². The van der Waals surface area contributed by atoms with Crippen molar-refractivity contribution in [2.75, 3.05) is 7.11 Å². The van der Waals surface area contributed by atoms with E-state index >= 15 is 0 Å². The number of ether oxygens (including phenoxy) is 2. The van der Waals surface area contributed by atoms with Gasteiger partial charge in [-0.15, -0.1) is 0 Å². The molecule has 2 aromatic rings. The summed E-state index contributed by atoms with van der Waals surface area (Å²) in [7, 11) is 1.69. The summed E-state index contributed by atoms with van der Waals surface area (Å²) < 4.78 is 11.3. The molecule has 0 saturated heterocycles. The third-order valence-corrected chi connectivity index (χ3v) is 3.38. The van der Waals surface area contributed by atoms with Crippen LogP contribution in [-0.4, -0.2) is 12.1 Å². The lowest BCUT2D eigenvalue weighted by molar-refractivity contribution is -0.00165. The van der Waals surface area contributed by atoms with Gasteiger partial charge in [-0.1, -0.05) is 6.07 Å². The van der Waals surface area contributed by atoms with Crippen molar-refractivity contribution in [2.24, 2.45) is 0 Å². The standard InChI is InChI=1S/C14H15NO2/c1-8-12-11(16-3)5-4-10-6-7-15-14(13(10)12)9(2)17-8/h4-9H,1-3H3/t8-,9-/m0/s1. The van der Waals surface area contributed by atoms with Gasteiger partial charge in [-0.05, 0) is 31.4 Å². The van der Waals surface area contributed by atoms with E-state index in [9.17, 15) is 0 Å². The predicted molar refractivity (Wildman–Crippen MR) is 66.2 cm³/mol. The molecule has 0 unspecified atom stereocenters. The average molecular weight is 229 g/mol. The number of aromatic nitrogens is 1. The molecule has 0 saturated carbocycles. The predicted octanol–water partition coefficient (Wildman–Crippen LogP) is 3.40. The minimum absolute atomic E-state index is 0.0355. The Morgan fingerprint density at radius 3 is 2.76 bits per heavy atom. The van der Waals surface area contributed by atoms with Gasteiger partial charge in [0.25, 0.3) is 0 Å². The Kier molecular flexibility index (Phi) is 2.30. The number of pyridine rings is 1. The molecule has 3 nitrogen and oxygen atoms in total. The molecule has 2 heterocycles. The van der Waals surface area contributed by atoms with Crippen LogP contribution in [-0.2, 0) is 4.74 Å². The first kappa shape index (κ1) is 10.5. The van der Waals surface area contributed by atoms with Crippen LogP contribution < -0.4 is 4.74 Å². The summed E-state index contributed by atoms with van der Waals surface area (Å²) in [5.74, 6) is 0.881. The Morgan fingerprint density at radius 1 is 1.18 bits per heavy atom. The molecule has 1 aliphatic rings. The third-order valence-electron chi connectivity index (χ3n) is 3.38. The summed E-state index contributed by atoms with van der Waals surface area (Å²) in [6.07, 6.45) is 1.91. The van der Waals surface area contributed by atoms with Gasteiger partial charge in [0.1, 0.15) is 5.75 Å². The quantitative estimate of drug-likeness (QED) is 0.751. The van der Waals surface area contributed by atoms with Crippen LogP contribution in [0.4, 0.5) is 0 Å². The Morgan fingerprint density at radius 2 is 2.00 bits per heavy atom. The second kappa shape index (κ2) is 3.70. The lowest BCUT2D eigenvalue weighted by Gasteiger charge is -2.29. The van der Waals surface area contributed by atoms with Gasteiger partial charge in [0.15, 0.2) is 0 Å². The van der Waals surface area contributed by atoms with Gasteiger partial charge in [-0.25, -0.2) is 0 Å². The molecule has 0 N–H and O–H groups in total. The summed E-state index contributed by atoms with van der Waals surface area (Å²) in [5.41, 5.74) is 2.13. The maximum Gasteiger partial charge on any atom is 0.125 e. The van der Waals surface area contributed by atoms with Crippen LogP contribution in [0.15, 0.2) is 24.4 Å². The summed E-state index contributed by atoms with van der Waals surface area (Å²) in [4.78, 5) is 4.45. The smallest absolute Gasteiger partial charge is 0.125 e. The molecule has 0 fully saturated rings. The van der Waals surface area contributed by atoms with Crippen LogP contribution in [0.3, 0.4) is 0 Å². The molecular weight excluding hydrogens is 214 g/mol. The van der Waals surface area contributed by atoms with Gasteiger partial charge in [0.2, 0.25) is 0 Å². The average Bonchev–Trinajstić information content (AvgIpc) is 2.35. The molecule has 0 amide bonds. The number of nitrogens with zero attached hydrogens (tertiary/aromatic N) is 1. The van der Waals surface area contributed by atoms with E-state index in [0.29, 0.717) is 0 Å². The minimum Gasteiger partial charge on any atom is -0.496 e. The maximum absolute atomic E-state index is 5.90. The van der Waals surface area contributed by atoms with Crippen molar-refractivity contribution >= 4 is 10.8 Å². The number of hydrogen-bond acceptors (Lipinski definition) is 3. The summed E-state index contributed by atoms with van der Waals surface area (Å²) in [6.45, 7) is 4.10. The van der Waals surface area contributed by atoms with E-state index in [4.69, 9.17) is 9.47 Å². The Balaban J connectivity index is 2.44. The zero-order valence-corrected chi connectivity index (χ0v) is 10.2. The fourth-order valence-electron chi connectivity index (χ4n) is 2.63. The van der Waals surface area contributed by atoms with Crippen LogP contribution in [0.2, 0.25) is 0 Å². The first-order chi connectivity index (χ1) is 8.22. The Hall–Kier alpha value is -1.61. The third kappa shape index (κ3) is 1.42. The summed E-state index contributed by atoms with van der Waals surface area (Å²) >= 11 is 0.